The molecule has 1 N–H and O–H groups in total. The van der Waals surface area contributed by atoms with Crippen molar-refractivity contribution in [3.8, 4) is 0 Å². The third kappa shape index (κ3) is 3.35. The number of carbonyl (C=O) groups is 1. The standard InChI is InChI=1S/C22H17F4N3O2/c1-10(14-9-28(2)21(30)13-7-17(25)16(24)6-12(13)14)29(3)22(31)20-5-11-4-15(23)18(26)8-19(11)27-20/h4-10,27H,1-3H3/t10-/m1/s1. The van der Waals surface area contributed by atoms with Crippen LogP contribution in [0.3, 0.4) is 0 Å². The zero-order chi connectivity index (χ0) is 22.6. The summed E-state index contributed by atoms with van der Waals surface area (Å²) in [5.41, 5.74) is 0.285. The molecule has 0 aliphatic carbocycles. The van der Waals surface area contributed by atoms with E-state index in [2.05, 4.69) is 4.98 Å². The lowest BCUT2D eigenvalue weighted by atomic mass is 10.0. The molecule has 1 amide bonds. The largest absolute Gasteiger partial charge is 0.350 e. The molecule has 0 saturated heterocycles. The van der Waals surface area contributed by atoms with Gasteiger partial charge in [-0.05, 0) is 42.1 Å². The second kappa shape index (κ2) is 7.26. The van der Waals surface area contributed by atoms with Gasteiger partial charge in [-0.2, -0.15) is 0 Å². The summed E-state index contributed by atoms with van der Waals surface area (Å²) in [4.78, 5) is 29.5. The average molecular weight is 431 g/mol. The number of pyridine rings is 1. The highest BCUT2D eigenvalue weighted by Gasteiger charge is 2.24. The van der Waals surface area contributed by atoms with Crippen LogP contribution < -0.4 is 5.56 Å². The molecule has 4 aromatic rings. The van der Waals surface area contributed by atoms with Crippen LogP contribution >= 0.6 is 0 Å². The van der Waals surface area contributed by atoms with Crippen molar-refractivity contribution in [1.29, 1.82) is 0 Å². The Balaban J connectivity index is 1.77. The van der Waals surface area contributed by atoms with Crippen molar-refractivity contribution in [2.24, 2.45) is 7.05 Å². The molecule has 1 atom stereocenters. The molecule has 0 bridgehead atoms. The molecule has 5 nitrogen and oxygen atoms in total. The first kappa shape index (κ1) is 20.6. The minimum absolute atomic E-state index is 0.0110. The summed E-state index contributed by atoms with van der Waals surface area (Å²) in [6.45, 7) is 1.67. The van der Waals surface area contributed by atoms with E-state index < -0.39 is 40.8 Å². The van der Waals surface area contributed by atoms with Crippen molar-refractivity contribution in [3.63, 3.8) is 0 Å². The highest BCUT2D eigenvalue weighted by Crippen LogP contribution is 2.29. The molecule has 0 spiro atoms. The zero-order valence-electron chi connectivity index (χ0n) is 16.8. The number of aromatic nitrogens is 2. The van der Waals surface area contributed by atoms with E-state index in [0.29, 0.717) is 10.9 Å². The van der Waals surface area contributed by atoms with Crippen LogP contribution in [0.4, 0.5) is 17.6 Å². The van der Waals surface area contributed by atoms with Crippen molar-refractivity contribution in [2.45, 2.75) is 13.0 Å². The van der Waals surface area contributed by atoms with Crippen molar-refractivity contribution in [2.75, 3.05) is 7.05 Å². The molecule has 0 radical (unpaired) electrons. The van der Waals surface area contributed by atoms with Gasteiger partial charge in [-0.15, -0.1) is 0 Å². The van der Waals surface area contributed by atoms with Crippen LogP contribution in [0.1, 0.15) is 29.0 Å². The van der Waals surface area contributed by atoms with Gasteiger partial charge in [0.05, 0.1) is 11.4 Å². The average Bonchev–Trinajstić information content (AvgIpc) is 3.13. The third-order valence-corrected chi connectivity index (χ3v) is 5.50. The number of benzene rings is 2. The van der Waals surface area contributed by atoms with E-state index in [1.54, 1.807) is 6.92 Å². The smallest absolute Gasteiger partial charge is 0.270 e. The number of H-pyrrole nitrogens is 1. The van der Waals surface area contributed by atoms with Crippen LogP contribution in [-0.4, -0.2) is 27.4 Å². The number of hydrogen-bond donors (Lipinski definition) is 1. The summed E-state index contributed by atoms with van der Waals surface area (Å²) >= 11 is 0. The van der Waals surface area contributed by atoms with Gasteiger partial charge >= 0.3 is 0 Å². The second-order valence-corrected chi connectivity index (χ2v) is 7.44. The van der Waals surface area contributed by atoms with Crippen molar-refractivity contribution >= 4 is 27.6 Å². The van der Waals surface area contributed by atoms with E-state index in [9.17, 15) is 27.2 Å². The molecule has 0 aliphatic rings. The number of halogens is 4. The number of carbonyl (C=O) groups excluding carboxylic acids is 1. The van der Waals surface area contributed by atoms with Gasteiger partial charge in [0.1, 0.15) is 5.69 Å². The minimum atomic E-state index is -1.14. The zero-order valence-corrected chi connectivity index (χ0v) is 16.8. The van der Waals surface area contributed by atoms with Crippen LogP contribution in [0.25, 0.3) is 21.7 Å². The monoisotopic (exact) mass is 431 g/mol. The summed E-state index contributed by atoms with van der Waals surface area (Å²) in [5, 5.41) is 0.506. The molecule has 2 aromatic heterocycles. The van der Waals surface area contributed by atoms with E-state index in [0.717, 1.165) is 24.3 Å². The summed E-state index contributed by atoms with van der Waals surface area (Å²) in [5.74, 6) is -4.81. The number of nitrogens with zero attached hydrogens (tertiary/aromatic N) is 2. The van der Waals surface area contributed by atoms with Crippen molar-refractivity contribution < 1.29 is 22.4 Å². The lowest BCUT2D eigenvalue weighted by molar-refractivity contribution is 0.0738. The maximum atomic E-state index is 13.9. The molecule has 0 unspecified atom stereocenters. The first-order valence-electron chi connectivity index (χ1n) is 9.31. The van der Waals surface area contributed by atoms with E-state index in [1.165, 1.54) is 35.8 Å². The van der Waals surface area contributed by atoms with E-state index in [4.69, 9.17) is 0 Å². The van der Waals surface area contributed by atoms with Gasteiger partial charge in [0.25, 0.3) is 11.5 Å². The van der Waals surface area contributed by atoms with Gasteiger partial charge in [0.2, 0.25) is 0 Å². The molecule has 0 fully saturated rings. The lowest BCUT2D eigenvalue weighted by Gasteiger charge is -2.26. The summed E-state index contributed by atoms with van der Waals surface area (Å²) in [6.07, 6.45) is 1.46. The number of hydrogen-bond acceptors (Lipinski definition) is 2. The highest BCUT2D eigenvalue weighted by atomic mass is 19.2. The number of fused-ring (bicyclic) bond motifs is 2. The van der Waals surface area contributed by atoms with Gasteiger partial charge in [0.15, 0.2) is 23.3 Å². The Kier molecular flexibility index (Phi) is 4.83. The Bertz CT molecular complexity index is 1390. The maximum absolute atomic E-state index is 13.9. The first-order chi connectivity index (χ1) is 14.6. The second-order valence-electron chi connectivity index (χ2n) is 7.44. The quantitative estimate of drug-likeness (QED) is 0.489. The normalized spacial score (nSPS) is 12.5. The molecular formula is C22H17F4N3O2. The van der Waals surface area contributed by atoms with Gasteiger partial charge in [-0.3, -0.25) is 9.59 Å². The Morgan fingerprint density at radius 1 is 0.968 bits per heavy atom. The number of aromatic amines is 1. The number of rotatable bonds is 3. The minimum Gasteiger partial charge on any atom is -0.350 e. The van der Waals surface area contributed by atoms with E-state index in [1.807, 2.05) is 0 Å². The Hall–Kier alpha value is -3.62. The molecule has 31 heavy (non-hydrogen) atoms. The molecule has 0 aliphatic heterocycles. The number of aryl methyl sites for hydroxylation is 1. The van der Waals surface area contributed by atoms with Crippen LogP contribution in [0, 0.1) is 23.3 Å². The van der Waals surface area contributed by atoms with Crippen LogP contribution in [0.2, 0.25) is 0 Å². The highest BCUT2D eigenvalue weighted by molar-refractivity contribution is 5.98. The van der Waals surface area contributed by atoms with Crippen molar-refractivity contribution in [1.82, 2.24) is 14.5 Å². The number of nitrogens with one attached hydrogen (secondary N) is 1. The van der Waals surface area contributed by atoms with E-state index in [-0.39, 0.29) is 22.0 Å². The van der Waals surface area contributed by atoms with Gasteiger partial charge in [-0.1, -0.05) is 0 Å². The van der Waals surface area contributed by atoms with Crippen LogP contribution in [0.5, 0.6) is 0 Å². The molecule has 2 heterocycles. The maximum Gasteiger partial charge on any atom is 0.270 e. The molecule has 9 heteroatoms. The first-order valence-corrected chi connectivity index (χ1v) is 9.31. The summed E-state index contributed by atoms with van der Waals surface area (Å²) < 4.78 is 55.8. The predicted octanol–water partition coefficient (Wildman–Crippen LogP) is 4.41. The fourth-order valence-electron chi connectivity index (χ4n) is 3.64. The third-order valence-electron chi connectivity index (χ3n) is 5.50. The molecule has 2 aromatic carbocycles. The Morgan fingerprint density at radius 2 is 1.55 bits per heavy atom. The fourth-order valence-corrected chi connectivity index (χ4v) is 3.64. The SMILES string of the molecule is C[C@H](c1cn(C)c(=O)c2cc(F)c(F)cc12)N(C)C(=O)c1cc2cc(F)c(F)cc2[nH]1. The van der Waals surface area contributed by atoms with Crippen LogP contribution in [0.15, 0.2) is 41.3 Å². The lowest BCUT2D eigenvalue weighted by Crippen LogP contribution is -2.31. The fraction of sp³-hybridized carbons (Fsp3) is 0.182. The molecule has 0 saturated carbocycles. The molecule has 160 valence electrons. The Morgan fingerprint density at radius 3 is 2.23 bits per heavy atom. The predicted molar refractivity (Wildman–Crippen MR) is 108 cm³/mol. The molecular weight excluding hydrogens is 414 g/mol. The van der Waals surface area contributed by atoms with E-state index >= 15 is 0 Å². The number of amides is 1. The van der Waals surface area contributed by atoms with Gasteiger partial charge in [0, 0.05) is 37.3 Å². The topological polar surface area (TPSA) is 58.1 Å². The molecule has 4 rings (SSSR count). The Labute approximate surface area is 173 Å². The van der Waals surface area contributed by atoms with Crippen LogP contribution in [-0.2, 0) is 7.05 Å². The summed E-state index contributed by atoms with van der Waals surface area (Å²) in [7, 11) is 2.97. The van der Waals surface area contributed by atoms with Gasteiger partial charge in [-0.25, -0.2) is 17.6 Å². The summed E-state index contributed by atoms with van der Waals surface area (Å²) in [6, 6.07) is 4.47. The van der Waals surface area contributed by atoms with Crippen molar-refractivity contribution in [3.05, 3.63) is 81.4 Å². The van der Waals surface area contributed by atoms with Gasteiger partial charge < -0.3 is 14.5 Å².